The third kappa shape index (κ3) is 3.10. The molecular weight excluding hydrogens is 330 g/mol. The van der Waals surface area contributed by atoms with E-state index in [9.17, 15) is 4.79 Å². The number of carbonyl (C=O) groups is 1. The Morgan fingerprint density at radius 1 is 1.08 bits per heavy atom. The average molecular weight is 345 g/mol. The van der Waals surface area contributed by atoms with E-state index in [2.05, 4.69) is 20.4 Å². The van der Waals surface area contributed by atoms with Crippen LogP contribution in [0, 0.1) is 0 Å². The average Bonchev–Trinajstić information content (AvgIpc) is 3.10. The lowest BCUT2D eigenvalue weighted by Gasteiger charge is -2.06. The van der Waals surface area contributed by atoms with Gasteiger partial charge in [0.05, 0.1) is 11.8 Å². The van der Waals surface area contributed by atoms with E-state index < -0.39 is 5.97 Å². The van der Waals surface area contributed by atoms with Gasteiger partial charge in [-0.2, -0.15) is 5.10 Å². The Labute approximate surface area is 149 Å². The highest BCUT2D eigenvalue weighted by molar-refractivity contribution is 5.89. The standard InChI is InChI=1S/C19H15N5O2/c25-19(26)15-3-1-14(2-4-15)16-12-22-24-10-7-17(23-18(16)24)21-11-13-5-8-20-9-6-13/h1-10,12H,11H2,(H,21,23)(H,25,26). The molecule has 0 saturated carbocycles. The first-order chi connectivity index (χ1) is 12.7. The molecule has 0 unspecified atom stereocenters. The van der Waals surface area contributed by atoms with Crippen LogP contribution in [-0.4, -0.2) is 30.7 Å². The number of aromatic carboxylic acids is 1. The minimum Gasteiger partial charge on any atom is -0.478 e. The molecule has 0 radical (unpaired) electrons. The summed E-state index contributed by atoms with van der Waals surface area (Å²) in [5.41, 5.74) is 3.77. The molecule has 0 atom stereocenters. The molecule has 0 aliphatic carbocycles. The van der Waals surface area contributed by atoms with E-state index in [0.29, 0.717) is 12.2 Å². The van der Waals surface area contributed by atoms with Crippen LogP contribution in [0.25, 0.3) is 16.8 Å². The maximum absolute atomic E-state index is 11.0. The lowest BCUT2D eigenvalue weighted by Crippen LogP contribution is -2.03. The number of rotatable bonds is 5. The number of carboxylic acid groups (broad SMARTS) is 1. The van der Waals surface area contributed by atoms with Gasteiger partial charge in [-0.15, -0.1) is 0 Å². The highest BCUT2D eigenvalue weighted by atomic mass is 16.4. The molecule has 2 N–H and O–H groups in total. The first-order valence-electron chi connectivity index (χ1n) is 8.01. The van der Waals surface area contributed by atoms with Crippen LogP contribution in [0.1, 0.15) is 15.9 Å². The molecule has 0 spiro atoms. The van der Waals surface area contributed by atoms with Crippen LogP contribution in [0.3, 0.4) is 0 Å². The first-order valence-corrected chi connectivity index (χ1v) is 8.01. The lowest BCUT2D eigenvalue weighted by atomic mass is 10.1. The van der Waals surface area contributed by atoms with Crippen LogP contribution < -0.4 is 5.32 Å². The second-order valence-electron chi connectivity index (χ2n) is 5.73. The maximum Gasteiger partial charge on any atom is 0.335 e. The molecule has 0 aliphatic rings. The van der Waals surface area contributed by atoms with E-state index in [0.717, 1.165) is 22.5 Å². The maximum atomic E-state index is 11.0. The van der Waals surface area contributed by atoms with Crippen LogP contribution in [0.2, 0.25) is 0 Å². The zero-order chi connectivity index (χ0) is 17.9. The molecule has 3 aromatic heterocycles. The van der Waals surface area contributed by atoms with Gasteiger partial charge >= 0.3 is 5.97 Å². The van der Waals surface area contributed by atoms with Crippen molar-refractivity contribution < 1.29 is 9.90 Å². The number of hydrogen-bond acceptors (Lipinski definition) is 5. The summed E-state index contributed by atoms with van der Waals surface area (Å²) in [6.45, 7) is 0.641. The largest absolute Gasteiger partial charge is 0.478 e. The first kappa shape index (κ1) is 15.8. The number of nitrogens with zero attached hydrogens (tertiary/aromatic N) is 4. The summed E-state index contributed by atoms with van der Waals surface area (Å²) in [5.74, 6) is -0.213. The lowest BCUT2D eigenvalue weighted by molar-refractivity contribution is 0.0697. The van der Waals surface area contributed by atoms with Gasteiger partial charge in [-0.3, -0.25) is 4.98 Å². The van der Waals surface area contributed by atoms with Crippen molar-refractivity contribution in [1.29, 1.82) is 0 Å². The number of nitrogens with one attached hydrogen (secondary N) is 1. The van der Waals surface area contributed by atoms with Crippen molar-refractivity contribution in [3.63, 3.8) is 0 Å². The fraction of sp³-hybridized carbons (Fsp3) is 0.0526. The van der Waals surface area contributed by atoms with E-state index >= 15 is 0 Å². The molecule has 3 heterocycles. The summed E-state index contributed by atoms with van der Waals surface area (Å²) < 4.78 is 1.69. The summed E-state index contributed by atoms with van der Waals surface area (Å²) in [5, 5.41) is 16.6. The number of benzene rings is 1. The molecule has 0 saturated heterocycles. The number of carboxylic acids is 1. The van der Waals surface area contributed by atoms with Crippen LogP contribution in [0.15, 0.2) is 67.3 Å². The molecule has 7 nitrogen and oxygen atoms in total. The van der Waals surface area contributed by atoms with Crippen LogP contribution >= 0.6 is 0 Å². The van der Waals surface area contributed by atoms with Gasteiger partial charge in [0.1, 0.15) is 5.82 Å². The highest BCUT2D eigenvalue weighted by Gasteiger charge is 2.10. The summed E-state index contributed by atoms with van der Waals surface area (Å²) in [6, 6.07) is 12.4. The number of aromatic nitrogens is 4. The van der Waals surface area contributed by atoms with Crippen molar-refractivity contribution in [3.05, 3.63) is 78.4 Å². The van der Waals surface area contributed by atoms with E-state index in [4.69, 9.17) is 5.11 Å². The smallest absolute Gasteiger partial charge is 0.335 e. The van der Waals surface area contributed by atoms with Gasteiger partial charge in [-0.1, -0.05) is 12.1 Å². The second-order valence-corrected chi connectivity index (χ2v) is 5.73. The Morgan fingerprint density at radius 3 is 2.58 bits per heavy atom. The Morgan fingerprint density at radius 2 is 1.85 bits per heavy atom. The zero-order valence-electron chi connectivity index (χ0n) is 13.7. The van der Waals surface area contributed by atoms with Crippen molar-refractivity contribution in [1.82, 2.24) is 19.6 Å². The van der Waals surface area contributed by atoms with E-state index in [1.807, 2.05) is 24.4 Å². The number of hydrogen-bond donors (Lipinski definition) is 2. The Kier molecular flexibility index (Phi) is 4.03. The van der Waals surface area contributed by atoms with Crippen molar-refractivity contribution in [2.24, 2.45) is 0 Å². The topological polar surface area (TPSA) is 92.4 Å². The normalized spacial score (nSPS) is 10.8. The van der Waals surface area contributed by atoms with Crippen LogP contribution in [0.4, 0.5) is 5.82 Å². The predicted molar refractivity (Wildman–Crippen MR) is 96.9 cm³/mol. The molecule has 128 valence electrons. The van der Waals surface area contributed by atoms with Crippen molar-refractivity contribution in [2.75, 3.05) is 5.32 Å². The monoisotopic (exact) mass is 345 g/mol. The molecule has 0 fully saturated rings. The number of anilines is 1. The second kappa shape index (κ2) is 6.64. The molecule has 4 rings (SSSR count). The van der Waals surface area contributed by atoms with Crippen LogP contribution in [0.5, 0.6) is 0 Å². The van der Waals surface area contributed by atoms with E-state index in [1.165, 1.54) is 0 Å². The van der Waals surface area contributed by atoms with Crippen molar-refractivity contribution in [2.45, 2.75) is 6.54 Å². The van der Waals surface area contributed by atoms with Gasteiger partial charge in [0.2, 0.25) is 0 Å². The molecule has 26 heavy (non-hydrogen) atoms. The fourth-order valence-corrected chi connectivity index (χ4v) is 2.66. The van der Waals surface area contributed by atoms with Crippen LogP contribution in [-0.2, 0) is 6.54 Å². The Hall–Kier alpha value is -3.74. The summed E-state index contributed by atoms with van der Waals surface area (Å²) in [7, 11) is 0. The molecule has 0 bridgehead atoms. The fourth-order valence-electron chi connectivity index (χ4n) is 2.66. The molecule has 1 aromatic carbocycles. The zero-order valence-corrected chi connectivity index (χ0v) is 13.7. The molecular formula is C19H15N5O2. The molecule has 4 aromatic rings. The molecule has 7 heteroatoms. The van der Waals surface area contributed by atoms with Gasteiger partial charge < -0.3 is 10.4 Å². The summed E-state index contributed by atoms with van der Waals surface area (Å²) in [6.07, 6.45) is 7.07. The summed E-state index contributed by atoms with van der Waals surface area (Å²) >= 11 is 0. The third-order valence-electron chi connectivity index (χ3n) is 4.03. The van der Waals surface area contributed by atoms with E-state index in [1.54, 1.807) is 47.4 Å². The van der Waals surface area contributed by atoms with Gasteiger partial charge in [0.15, 0.2) is 5.65 Å². The summed E-state index contributed by atoms with van der Waals surface area (Å²) in [4.78, 5) is 19.7. The van der Waals surface area contributed by atoms with Crippen molar-refractivity contribution >= 4 is 17.4 Å². The van der Waals surface area contributed by atoms with E-state index in [-0.39, 0.29) is 5.56 Å². The van der Waals surface area contributed by atoms with Gasteiger partial charge in [0.25, 0.3) is 0 Å². The van der Waals surface area contributed by atoms with Crippen molar-refractivity contribution in [3.8, 4) is 11.1 Å². The minimum atomic E-state index is -0.947. The third-order valence-corrected chi connectivity index (χ3v) is 4.03. The highest BCUT2D eigenvalue weighted by Crippen LogP contribution is 2.24. The number of fused-ring (bicyclic) bond motifs is 1. The van der Waals surface area contributed by atoms with Gasteiger partial charge in [0, 0.05) is 30.7 Å². The SMILES string of the molecule is O=C(O)c1ccc(-c2cnn3ccc(NCc4ccncc4)nc23)cc1. The Bertz CT molecular complexity index is 1060. The number of pyridine rings is 1. The predicted octanol–water partition coefficient (Wildman–Crippen LogP) is 3.10. The Balaban J connectivity index is 1.63. The quantitative estimate of drug-likeness (QED) is 0.577. The molecule has 0 amide bonds. The molecule has 0 aliphatic heterocycles. The van der Waals surface area contributed by atoms with Gasteiger partial charge in [-0.25, -0.2) is 14.3 Å². The minimum absolute atomic E-state index is 0.248. The van der Waals surface area contributed by atoms with Gasteiger partial charge in [-0.05, 0) is 41.5 Å².